The van der Waals surface area contributed by atoms with Crippen molar-refractivity contribution in [1.82, 2.24) is 15.0 Å². The Kier molecular flexibility index (Phi) is 7.22. The second-order valence-corrected chi connectivity index (χ2v) is 9.89. The van der Waals surface area contributed by atoms with Crippen LogP contribution in [0.1, 0.15) is 19.8 Å². The number of fused-ring (bicyclic) bond motifs is 1. The van der Waals surface area contributed by atoms with Gasteiger partial charge in [0.05, 0.1) is 30.7 Å². The van der Waals surface area contributed by atoms with Crippen molar-refractivity contribution in [2.45, 2.75) is 24.8 Å². The van der Waals surface area contributed by atoms with Crippen molar-refractivity contribution in [3.63, 3.8) is 0 Å². The van der Waals surface area contributed by atoms with Gasteiger partial charge in [-0.25, -0.2) is 9.97 Å². The number of benzene rings is 1. The number of aromatic nitrogens is 3. The average molecular weight is 494 g/mol. The van der Waals surface area contributed by atoms with Crippen LogP contribution in [0.4, 0.5) is 10.8 Å². The van der Waals surface area contributed by atoms with Crippen LogP contribution in [-0.4, -0.2) is 53.9 Å². The van der Waals surface area contributed by atoms with Crippen LogP contribution in [0.25, 0.3) is 10.3 Å². The molecule has 2 aromatic heterocycles. The van der Waals surface area contributed by atoms with Gasteiger partial charge >= 0.3 is 0 Å². The van der Waals surface area contributed by atoms with Gasteiger partial charge in [0.1, 0.15) is 27.6 Å². The highest BCUT2D eigenvalue weighted by atomic mass is 35.5. The number of thioether (sulfide) groups is 1. The van der Waals surface area contributed by atoms with E-state index in [1.165, 1.54) is 45.2 Å². The number of carbonyl (C=O) groups is 1. The molecule has 3 heterocycles. The summed E-state index contributed by atoms with van der Waals surface area (Å²) >= 11 is 9.13. The Morgan fingerprint density at radius 1 is 1.31 bits per heavy atom. The molecule has 1 fully saturated rings. The summed E-state index contributed by atoms with van der Waals surface area (Å²) in [6, 6.07) is 3.25. The SMILES string of the molecule is COc1cc(OC)c(NC(=O)CSc2ncnc3nc(N4CCC[C@H](C)C4)sc23)cc1Cl. The summed E-state index contributed by atoms with van der Waals surface area (Å²) in [4.78, 5) is 28.4. The number of piperidine rings is 1. The zero-order valence-corrected chi connectivity index (χ0v) is 20.4. The Morgan fingerprint density at radius 3 is 2.88 bits per heavy atom. The average Bonchev–Trinajstić information content (AvgIpc) is 3.23. The van der Waals surface area contributed by atoms with Crippen LogP contribution in [0.15, 0.2) is 23.5 Å². The topological polar surface area (TPSA) is 89.5 Å². The van der Waals surface area contributed by atoms with Crippen LogP contribution in [-0.2, 0) is 4.79 Å². The molecule has 0 unspecified atom stereocenters. The Bertz CT molecular complexity index is 1130. The maximum absolute atomic E-state index is 12.6. The quantitative estimate of drug-likeness (QED) is 0.373. The highest BCUT2D eigenvalue weighted by Crippen LogP contribution is 2.37. The summed E-state index contributed by atoms with van der Waals surface area (Å²) in [5, 5.41) is 4.95. The lowest BCUT2D eigenvalue weighted by molar-refractivity contribution is -0.113. The van der Waals surface area contributed by atoms with Crippen molar-refractivity contribution in [1.29, 1.82) is 0 Å². The second kappa shape index (κ2) is 10.1. The van der Waals surface area contributed by atoms with Crippen molar-refractivity contribution in [2.24, 2.45) is 5.92 Å². The summed E-state index contributed by atoms with van der Waals surface area (Å²) in [5.41, 5.74) is 1.15. The summed E-state index contributed by atoms with van der Waals surface area (Å²) in [7, 11) is 3.05. The molecule has 170 valence electrons. The number of nitrogens with zero attached hydrogens (tertiary/aromatic N) is 4. The monoisotopic (exact) mass is 493 g/mol. The summed E-state index contributed by atoms with van der Waals surface area (Å²) < 4.78 is 11.4. The van der Waals surface area contributed by atoms with Gasteiger partial charge in [0.25, 0.3) is 0 Å². The molecular weight excluding hydrogens is 470 g/mol. The fourth-order valence-electron chi connectivity index (χ4n) is 3.60. The molecule has 11 heteroatoms. The van der Waals surface area contributed by atoms with Gasteiger partial charge in [-0.3, -0.25) is 4.79 Å². The molecule has 1 amide bonds. The lowest BCUT2D eigenvalue weighted by Gasteiger charge is -2.30. The number of hydrogen-bond acceptors (Lipinski definition) is 9. The fraction of sp³-hybridized carbons (Fsp3) is 0.429. The molecule has 1 aliphatic rings. The maximum atomic E-state index is 12.6. The first kappa shape index (κ1) is 22.9. The predicted molar refractivity (Wildman–Crippen MR) is 130 cm³/mol. The number of ether oxygens (including phenoxy) is 2. The van der Waals surface area contributed by atoms with E-state index in [1.54, 1.807) is 23.5 Å². The van der Waals surface area contributed by atoms with E-state index >= 15 is 0 Å². The van der Waals surface area contributed by atoms with Crippen LogP contribution < -0.4 is 19.7 Å². The van der Waals surface area contributed by atoms with E-state index in [0.29, 0.717) is 33.8 Å². The Hall–Kier alpha value is -2.30. The van der Waals surface area contributed by atoms with E-state index in [1.807, 2.05) is 0 Å². The number of hydrogen-bond donors (Lipinski definition) is 1. The molecule has 32 heavy (non-hydrogen) atoms. The lowest BCUT2D eigenvalue weighted by atomic mass is 10.0. The third-order valence-electron chi connectivity index (χ3n) is 5.16. The molecule has 1 atom stereocenters. The van der Waals surface area contributed by atoms with E-state index in [0.717, 1.165) is 27.9 Å². The zero-order chi connectivity index (χ0) is 22.7. The second-order valence-electron chi connectivity index (χ2n) is 7.55. The summed E-state index contributed by atoms with van der Waals surface area (Å²) in [6.07, 6.45) is 3.92. The molecule has 1 saturated heterocycles. The summed E-state index contributed by atoms with van der Waals surface area (Å²) in [5.74, 6) is 1.58. The first-order valence-electron chi connectivity index (χ1n) is 10.2. The molecule has 0 radical (unpaired) electrons. The molecule has 0 bridgehead atoms. The molecule has 1 aromatic carbocycles. The molecule has 0 saturated carbocycles. The predicted octanol–water partition coefficient (Wildman–Crippen LogP) is 4.72. The number of halogens is 1. The lowest BCUT2D eigenvalue weighted by Crippen LogP contribution is -2.34. The molecule has 8 nitrogen and oxygen atoms in total. The van der Waals surface area contributed by atoms with E-state index in [2.05, 4.69) is 27.1 Å². The van der Waals surface area contributed by atoms with Gasteiger partial charge in [0, 0.05) is 19.2 Å². The van der Waals surface area contributed by atoms with Crippen molar-refractivity contribution in [3.05, 3.63) is 23.5 Å². The van der Waals surface area contributed by atoms with E-state index < -0.39 is 0 Å². The van der Waals surface area contributed by atoms with Crippen LogP contribution in [0.5, 0.6) is 11.5 Å². The van der Waals surface area contributed by atoms with E-state index in [9.17, 15) is 4.79 Å². The van der Waals surface area contributed by atoms with Crippen LogP contribution in [0.2, 0.25) is 5.02 Å². The van der Waals surface area contributed by atoms with Crippen LogP contribution in [0, 0.1) is 5.92 Å². The molecule has 3 aromatic rings. The molecule has 0 aliphatic carbocycles. The van der Waals surface area contributed by atoms with Gasteiger partial charge in [-0.15, -0.1) is 0 Å². The first-order chi connectivity index (χ1) is 15.5. The van der Waals surface area contributed by atoms with E-state index in [-0.39, 0.29) is 11.7 Å². The minimum Gasteiger partial charge on any atom is -0.495 e. The van der Waals surface area contributed by atoms with E-state index in [4.69, 9.17) is 26.1 Å². The Balaban J connectivity index is 1.46. The summed E-state index contributed by atoms with van der Waals surface area (Å²) in [6.45, 7) is 4.28. The highest BCUT2D eigenvalue weighted by Gasteiger charge is 2.21. The number of amides is 1. The number of anilines is 2. The number of nitrogens with one attached hydrogen (secondary N) is 1. The molecule has 1 N–H and O–H groups in total. The largest absolute Gasteiger partial charge is 0.495 e. The van der Waals surface area contributed by atoms with Gasteiger partial charge in [0.15, 0.2) is 10.8 Å². The van der Waals surface area contributed by atoms with Crippen molar-refractivity contribution in [3.8, 4) is 11.5 Å². The molecule has 1 aliphatic heterocycles. The fourth-order valence-corrected chi connectivity index (χ4v) is 5.77. The Morgan fingerprint density at radius 2 is 2.12 bits per heavy atom. The number of carbonyl (C=O) groups excluding carboxylic acids is 1. The molecule has 0 spiro atoms. The van der Waals surface area contributed by atoms with Gasteiger partial charge < -0.3 is 19.7 Å². The third-order valence-corrected chi connectivity index (χ3v) is 7.69. The van der Waals surface area contributed by atoms with Crippen LogP contribution in [0.3, 0.4) is 0 Å². The minimum atomic E-state index is -0.198. The maximum Gasteiger partial charge on any atom is 0.234 e. The molecular formula is C21H24ClN5O3S2. The van der Waals surface area contributed by atoms with Crippen molar-refractivity contribution < 1.29 is 14.3 Å². The number of rotatable bonds is 7. The third kappa shape index (κ3) is 5.02. The zero-order valence-electron chi connectivity index (χ0n) is 18.1. The van der Waals surface area contributed by atoms with Crippen molar-refractivity contribution >= 4 is 61.8 Å². The number of thiazole rings is 1. The smallest absolute Gasteiger partial charge is 0.234 e. The van der Waals surface area contributed by atoms with Crippen LogP contribution >= 0.6 is 34.7 Å². The number of methoxy groups -OCH3 is 2. The Labute approximate surface area is 199 Å². The molecule has 4 rings (SSSR count). The van der Waals surface area contributed by atoms with Crippen molar-refractivity contribution in [2.75, 3.05) is 43.3 Å². The van der Waals surface area contributed by atoms with Gasteiger partial charge in [0.2, 0.25) is 5.91 Å². The standard InChI is InChI=1S/C21H24ClN5O3S2/c1-12-5-4-6-27(9-12)21-26-19-18(32-21)20(24-11-23-19)31-10-17(28)25-14-7-13(22)15(29-2)8-16(14)30-3/h7-8,11-12H,4-6,9-10H2,1-3H3,(H,25,28)/t12-/m0/s1. The van der Waals surface area contributed by atoms with Gasteiger partial charge in [-0.05, 0) is 24.8 Å². The minimum absolute atomic E-state index is 0.174. The van der Waals surface area contributed by atoms with Gasteiger partial charge in [-0.2, -0.15) is 4.98 Å². The normalized spacial score (nSPS) is 16.2. The first-order valence-corrected chi connectivity index (χ1v) is 12.4. The van der Waals surface area contributed by atoms with Gasteiger partial charge in [-0.1, -0.05) is 41.6 Å². The highest BCUT2D eigenvalue weighted by molar-refractivity contribution is 8.00.